The van der Waals surface area contributed by atoms with Crippen LogP contribution in [0.2, 0.25) is 0 Å². The molecule has 1 aliphatic rings. The van der Waals surface area contributed by atoms with Crippen LogP contribution >= 0.6 is 0 Å². The predicted octanol–water partition coefficient (Wildman–Crippen LogP) is 4.32. The maximum Gasteiger partial charge on any atom is 0.132 e. The molecule has 0 spiro atoms. The van der Waals surface area contributed by atoms with Crippen LogP contribution in [0.3, 0.4) is 0 Å². The van der Waals surface area contributed by atoms with E-state index >= 15 is 0 Å². The van der Waals surface area contributed by atoms with Gasteiger partial charge in [0, 0.05) is 23.1 Å². The predicted molar refractivity (Wildman–Crippen MR) is 79.5 cm³/mol. The van der Waals surface area contributed by atoms with Gasteiger partial charge in [-0.3, -0.25) is 0 Å². The fraction of sp³-hybridized carbons (Fsp3) is 0.167. The van der Waals surface area contributed by atoms with Gasteiger partial charge in [0.1, 0.15) is 23.6 Å². The lowest BCUT2D eigenvalue weighted by atomic mass is 9.84. The summed E-state index contributed by atoms with van der Waals surface area (Å²) < 4.78 is 20.1. The molecule has 0 aliphatic carbocycles. The molecular formula is C18H15FO2. The molecule has 2 nitrogen and oxygen atoms in total. The zero-order valence-electron chi connectivity index (χ0n) is 11.7. The molecule has 0 radical (unpaired) electrons. The first-order valence-electron chi connectivity index (χ1n) is 6.96. The van der Waals surface area contributed by atoms with E-state index in [1.807, 2.05) is 31.2 Å². The molecule has 1 aliphatic heterocycles. The van der Waals surface area contributed by atoms with Gasteiger partial charge in [-0.1, -0.05) is 43.3 Å². The Morgan fingerprint density at radius 1 is 1.14 bits per heavy atom. The largest absolute Gasteiger partial charge is 0.461 e. The zero-order valence-corrected chi connectivity index (χ0v) is 11.7. The van der Waals surface area contributed by atoms with Crippen molar-refractivity contribution in [3.63, 3.8) is 0 Å². The van der Waals surface area contributed by atoms with Crippen molar-refractivity contribution in [3.05, 3.63) is 71.2 Å². The number of carbonyl (C=O) groups is 1. The number of ether oxygens (including phenoxy) is 1. The highest BCUT2D eigenvalue weighted by Gasteiger charge is 2.30. The van der Waals surface area contributed by atoms with Crippen molar-refractivity contribution in [1.82, 2.24) is 0 Å². The van der Waals surface area contributed by atoms with Gasteiger partial charge in [-0.25, -0.2) is 4.39 Å². The van der Waals surface area contributed by atoms with E-state index in [0.29, 0.717) is 29.1 Å². The molecule has 0 saturated heterocycles. The number of fused-ring (bicyclic) bond motifs is 1. The van der Waals surface area contributed by atoms with E-state index in [0.717, 1.165) is 11.8 Å². The lowest BCUT2D eigenvalue weighted by Crippen LogP contribution is -2.16. The molecule has 0 amide bonds. The van der Waals surface area contributed by atoms with Crippen LogP contribution in [0.15, 0.2) is 54.3 Å². The molecule has 2 aromatic carbocycles. The Bertz CT molecular complexity index is 719. The summed E-state index contributed by atoms with van der Waals surface area (Å²) in [5.41, 5.74) is 1.84. The highest BCUT2D eigenvalue weighted by atomic mass is 19.1. The van der Waals surface area contributed by atoms with Crippen LogP contribution in [0, 0.1) is 5.82 Å². The Morgan fingerprint density at radius 2 is 1.86 bits per heavy atom. The maximum absolute atomic E-state index is 14.2. The quantitative estimate of drug-likeness (QED) is 0.784. The molecule has 106 valence electrons. The zero-order chi connectivity index (χ0) is 14.8. The summed E-state index contributed by atoms with van der Waals surface area (Å²) in [5.74, 6) is 0.484. The first-order valence-corrected chi connectivity index (χ1v) is 6.96. The molecule has 3 rings (SSSR count). The first kappa shape index (κ1) is 13.6. The maximum atomic E-state index is 14.2. The van der Waals surface area contributed by atoms with Gasteiger partial charge >= 0.3 is 0 Å². The second-order valence-electron chi connectivity index (χ2n) is 4.92. The molecule has 1 unspecified atom stereocenters. The third kappa shape index (κ3) is 2.25. The number of aldehydes is 1. The molecule has 21 heavy (non-hydrogen) atoms. The summed E-state index contributed by atoms with van der Waals surface area (Å²) in [6.07, 6.45) is 1.46. The Balaban J connectivity index is 2.23. The van der Waals surface area contributed by atoms with Crippen molar-refractivity contribution in [1.29, 1.82) is 0 Å². The Hall–Kier alpha value is -2.42. The second kappa shape index (κ2) is 5.52. The van der Waals surface area contributed by atoms with E-state index in [1.54, 1.807) is 18.2 Å². The molecule has 2 aromatic rings. The normalized spacial score (nSPS) is 17.1. The minimum atomic E-state index is -0.498. The van der Waals surface area contributed by atoms with Crippen molar-refractivity contribution < 1.29 is 13.9 Å². The molecule has 3 heteroatoms. The molecule has 0 saturated carbocycles. The summed E-state index contributed by atoms with van der Waals surface area (Å²) in [6, 6.07) is 13.9. The number of hydrogen-bond donors (Lipinski definition) is 0. The smallest absolute Gasteiger partial charge is 0.132 e. The average molecular weight is 282 g/mol. The SMILES string of the molecule is CCC1=C(c2ccccc2F)C(C=O)c2ccccc2O1. The number of allylic oxidation sites excluding steroid dienone is 2. The van der Waals surface area contributed by atoms with Gasteiger partial charge in [-0.2, -0.15) is 0 Å². The van der Waals surface area contributed by atoms with Crippen LogP contribution in [0.4, 0.5) is 4.39 Å². The molecular weight excluding hydrogens is 267 g/mol. The van der Waals surface area contributed by atoms with Crippen LogP contribution in [-0.2, 0) is 4.79 Å². The summed E-state index contributed by atoms with van der Waals surface area (Å²) in [7, 11) is 0. The number of hydrogen-bond acceptors (Lipinski definition) is 2. The van der Waals surface area contributed by atoms with E-state index in [4.69, 9.17) is 4.74 Å². The lowest BCUT2D eigenvalue weighted by Gasteiger charge is -2.28. The Kier molecular flexibility index (Phi) is 3.57. The average Bonchev–Trinajstić information content (AvgIpc) is 2.53. The molecule has 0 fully saturated rings. The van der Waals surface area contributed by atoms with E-state index < -0.39 is 5.92 Å². The van der Waals surface area contributed by atoms with Crippen molar-refractivity contribution >= 4 is 11.9 Å². The lowest BCUT2D eigenvalue weighted by molar-refractivity contribution is -0.108. The second-order valence-corrected chi connectivity index (χ2v) is 4.92. The van der Waals surface area contributed by atoms with Crippen LogP contribution in [0.5, 0.6) is 5.75 Å². The van der Waals surface area contributed by atoms with Gasteiger partial charge in [-0.05, 0) is 12.1 Å². The fourth-order valence-electron chi connectivity index (χ4n) is 2.75. The third-order valence-electron chi connectivity index (χ3n) is 3.72. The number of benzene rings is 2. The van der Waals surface area contributed by atoms with Gasteiger partial charge < -0.3 is 9.53 Å². The van der Waals surface area contributed by atoms with Crippen LogP contribution in [-0.4, -0.2) is 6.29 Å². The van der Waals surface area contributed by atoms with E-state index in [9.17, 15) is 9.18 Å². The molecule has 1 atom stereocenters. The first-order chi connectivity index (χ1) is 10.3. The van der Waals surface area contributed by atoms with Crippen molar-refractivity contribution in [2.45, 2.75) is 19.3 Å². The van der Waals surface area contributed by atoms with Gasteiger partial charge in [0.25, 0.3) is 0 Å². The minimum absolute atomic E-state index is 0.340. The van der Waals surface area contributed by atoms with E-state index in [1.165, 1.54) is 6.07 Å². The van der Waals surface area contributed by atoms with Crippen molar-refractivity contribution in [2.24, 2.45) is 0 Å². The highest BCUT2D eigenvalue weighted by molar-refractivity contribution is 5.90. The van der Waals surface area contributed by atoms with Gasteiger partial charge in [0.2, 0.25) is 0 Å². The topological polar surface area (TPSA) is 26.3 Å². The standard InChI is InChI=1S/C18H15FO2/c1-2-16-18(13-8-3-5-9-15(13)19)14(11-20)12-7-4-6-10-17(12)21-16/h3-11,14H,2H2,1H3. The highest BCUT2D eigenvalue weighted by Crippen LogP contribution is 2.43. The number of rotatable bonds is 3. The summed E-state index contributed by atoms with van der Waals surface area (Å²) in [4.78, 5) is 11.7. The molecule has 0 bridgehead atoms. The van der Waals surface area contributed by atoms with E-state index in [-0.39, 0.29) is 5.82 Å². The molecule has 1 heterocycles. The molecule has 0 aromatic heterocycles. The van der Waals surface area contributed by atoms with Gasteiger partial charge in [-0.15, -0.1) is 0 Å². The number of para-hydroxylation sites is 1. The molecule has 0 N–H and O–H groups in total. The van der Waals surface area contributed by atoms with Crippen LogP contribution < -0.4 is 4.74 Å². The van der Waals surface area contributed by atoms with E-state index in [2.05, 4.69) is 0 Å². The number of halogens is 1. The monoisotopic (exact) mass is 282 g/mol. The van der Waals surface area contributed by atoms with Crippen molar-refractivity contribution in [2.75, 3.05) is 0 Å². The number of carbonyl (C=O) groups excluding carboxylic acids is 1. The van der Waals surface area contributed by atoms with Crippen LogP contribution in [0.25, 0.3) is 5.57 Å². The summed E-state index contributed by atoms with van der Waals surface area (Å²) in [6.45, 7) is 1.94. The third-order valence-corrected chi connectivity index (χ3v) is 3.72. The van der Waals surface area contributed by atoms with Gasteiger partial charge in [0.05, 0.1) is 5.92 Å². The summed E-state index contributed by atoms with van der Waals surface area (Å²) >= 11 is 0. The minimum Gasteiger partial charge on any atom is -0.461 e. The fourth-order valence-corrected chi connectivity index (χ4v) is 2.75. The van der Waals surface area contributed by atoms with Crippen LogP contribution in [0.1, 0.15) is 30.4 Å². The van der Waals surface area contributed by atoms with Gasteiger partial charge in [0.15, 0.2) is 0 Å². The Morgan fingerprint density at radius 3 is 2.57 bits per heavy atom. The summed E-state index contributed by atoms with van der Waals surface area (Å²) in [5, 5.41) is 0. The van der Waals surface area contributed by atoms with Crippen molar-refractivity contribution in [3.8, 4) is 5.75 Å². The Labute approximate surface area is 122 Å².